The van der Waals surface area contributed by atoms with Gasteiger partial charge < -0.3 is 28.9 Å². The molecule has 4 rings (SSSR count). The van der Waals surface area contributed by atoms with E-state index in [-0.39, 0.29) is 5.91 Å². The summed E-state index contributed by atoms with van der Waals surface area (Å²) in [6, 6.07) is 8.90. The second-order valence-corrected chi connectivity index (χ2v) is 9.53. The number of nitrogens with zero attached hydrogens (tertiary/aromatic N) is 3. The van der Waals surface area contributed by atoms with Gasteiger partial charge >= 0.3 is 0 Å². The first-order valence-electron chi connectivity index (χ1n) is 12.2. The summed E-state index contributed by atoms with van der Waals surface area (Å²) in [5.74, 6) is 1.10. The summed E-state index contributed by atoms with van der Waals surface area (Å²) >= 11 is 0. The monoisotopic (exact) mass is 445 g/mol. The Morgan fingerprint density at radius 3 is 2.41 bits per heavy atom. The Balaban J connectivity index is 1.31. The molecular formula is C25H39N3O4. The molecule has 1 amide bonds. The summed E-state index contributed by atoms with van der Waals surface area (Å²) in [5.41, 5.74) is 0.587. The second-order valence-electron chi connectivity index (χ2n) is 9.53. The summed E-state index contributed by atoms with van der Waals surface area (Å²) in [7, 11) is 4.33. The predicted molar refractivity (Wildman–Crippen MR) is 124 cm³/mol. The lowest BCUT2D eigenvalue weighted by Gasteiger charge is -2.41. The van der Waals surface area contributed by atoms with Gasteiger partial charge in [0.2, 0.25) is 5.91 Å². The van der Waals surface area contributed by atoms with Gasteiger partial charge in [-0.3, -0.25) is 4.79 Å². The Hall–Kier alpha value is -1.67. The molecule has 7 heteroatoms. The van der Waals surface area contributed by atoms with Crippen LogP contribution in [-0.2, 0) is 19.7 Å². The summed E-state index contributed by atoms with van der Waals surface area (Å²) in [6.07, 6.45) is 3.74. The molecule has 1 atom stereocenters. The molecular weight excluding hydrogens is 406 g/mol. The van der Waals surface area contributed by atoms with Crippen LogP contribution in [0.3, 0.4) is 0 Å². The Labute approximate surface area is 192 Å². The van der Waals surface area contributed by atoms with Gasteiger partial charge in [-0.1, -0.05) is 12.1 Å². The van der Waals surface area contributed by atoms with Crippen molar-refractivity contribution < 1.29 is 19.0 Å². The smallest absolute Gasteiger partial charge is 0.233 e. The molecule has 32 heavy (non-hydrogen) atoms. The number of morpholine rings is 1. The summed E-state index contributed by atoms with van der Waals surface area (Å²) < 4.78 is 17.1. The zero-order valence-corrected chi connectivity index (χ0v) is 19.8. The summed E-state index contributed by atoms with van der Waals surface area (Å²) in [5, 5.41) is 0. The van der Waals surface area contributed by atoms with Crippen molar-refractivity contribution in [2.45, 2.75) is 37.1 Å². The van der Waals surface area contributed by atoms with E-state index in [4.69, 9.17) is 14.2 Å². The number of benzene rings is 1. The lowest BCUT2D eigenvalue weighted by molar-refractivity contribution is -0.145. The third kappa shape index (κ3) is 5.45. The van der Waals surface area contributed by atoms with Gasteiger partial charge in [0.05, 0.1) is 25.2 Å². The highest BCUT2D eigenvalue weighted by atomic mass is 16.5. The molecule has 0 saturated carbocycles. The van der Waals surface area contributed by atoms with Crippen LogP contribution in [0, 0.1) is 0 Å². The van der Waals surface area contributed by atoms with Gasteiger partial charge in [0.15, 0.2) is 0 Å². The van der Waals surface area contributed by atoms with Crippen molar-refractivity contribution in [3.8, 4) is 5.75 Å². The molecule has 0 aromatic heterocycles. The fourth-order valence-corrected chi connectivity index (χ4v) is 5.20. The van der Waals surface area contributed by atoms with Crippen LogP contribution in [0.4, 0.5) is 0 Å². The Morgan fingerprint density at radius 2 is 1.75 bits per heavy atom. The van der Waals surface area contributed by atoms with E-state index in [0.717, 1.165) is 43.7 Å². The van der Waals surface area contributed by atoms with Crippen LogP contribution >= 0.6 is 0 Å². The standard InChI is InChI=1S/C25H39N3O4/c1-26(2)22-8-12-27(20-22)11-3-15-32-23-6-4-21(5-7-23)25(9-16-30-17-10-25)24(29)28-13-18-31-19-14-28/h4-7,22H,3,8-20H2,1-2H3/t22-/m1/s1. The van der Waals surface area contributed by atoms with E-state index in [1.807, 2.05) is 17.0 Å². The molecule has 0 unspecified atom stereocenters. The zero-order chi connectivity index (χ0) is 22.4. The minimum atomic E-state index is -0.493. The molecule has 0 radical (unpaired) electrons. The van der Waals surface area contributed by atoms with Crippen LogP contribution in [0.15, 0.2) is 24.3 Å². The second kappa shape index (κ2) is 11.0. The minimum absolute atomic E-state index is 0.222. The van der Waals surface area contributed by atoms with Crippen molar-refractivity contribution in [3.63, 3.8) is 0 Å². The molecule has 1 aromatic rings. The van der Waals surface area contributed by atoms with Crippen LogP contribution in [0.5, 0.6) is 5.75 Å². The molecule has 3 fully saturated rings. The fraction of sp³-hybridized carbons (Fsp3) is 0.720. The Kier molecular flexibility index (Phi) is 8.05. The minimum Gasteiger partial charge on any atom is -0.494 e. The van der Waals surface area contributed by atoms with E-state index in [2.05, 4.69) is 36.0 Å². The first-order valence-corrected chi connectivity index (χ1v) is 12.2. The number of likely N-dealkylation sites (N-methyl/N-ethyl adjacent to an activating group) is 1. The molecule has 178 valence electrons. The highest BCUT2D eigenvalue weighted by molar-refractivity contribution is 5.88. The van der Waals surface area contributed by atoms with Gasteiger partial charge in [-0.25, -0.2) is 0 Å². The molecule has 7 nitrogen and oxygen atoms in total. The quantitative estimate of drug-likeness (QED) is 0.571. The molecule has 3 heterocycles. The topological polar surface area (TPSA) is 54.5 Å². The van der Waals surface area contributed by atoms with E-state index in [1.165, 1.54) is 13.0 Å². The summed E-state index contributed by atoms with van der Waals surface area (Å²) in [6.45, 7) is 7.98. The number of carbonyl (C=O) groups excluding carboxylic acids is 1. The van der Waals surface area contributed by atoms with Crippen molar-refractivity contribution in [3.05, 3.63) is 29.8 Å². The molecule has 0 N–H and O–H groups in total. The third-order valence-corrected chi connectivity index (χ3v) is 7.33. The van der Waals surface area contributed by atoms with Crippen LogP contribution in [0.2, 0.25) is 0 Å². The molecule has 1 aromatic carbocycles. The Morgan fingerprint density at radius 1 is 1.06 bits per heavy atom. The normalized spacial score (nSPS) is 24.1. The first-order chi connectivity index (χ1) is 15.6. The number of amides is 1. The first kappa shape index (κ1) is 23.5. The van der Waals surface area contributed by atoms with Gasteiger partial charge in [0.25, 0.3) is 0 Å². The van der Waals surface area contributed by atoms with E-state index in [0.29, 0.717) is 52.2 Å². The third-order valence-electron chi connectivity index (χ3n) is 7.33. The van der Waals surface area contributed by atoms with Gasteiger partial charge in [-0.15, -0.1) is 0 Å². The number of ether oxygens (including phenoxy) is 3. The molecule has 3 aliphatic heterocycles. The zero-order valence-electron chi connectivity index (χ0n) is 19.8. The predicted octanol–water partition coefficient (Wildman–Crippen LogP) is 2.00. The van der Waals surface area contributed by atoms with E-state index < -0.39 is 5.41 Å². The maximum Gasteiger partial charge on any atom is 0.233 e. The SMILES string of the molecule is CN(C)[C@@H]1CCN(CCCOc2ccc(C3(C(=O)N4CCOCC4)CCOCC3)cc2)C1. The lowest BCUT2D eigenvalue weighted by Crippen LogP contribution is -2.53. The average Bonchev–Trinajstić information content (AvgIpc) is 3.32. The average molecular weight is 446 g/mol. The highest BCUT2D eigenvalue weighted by Gasteiger charge is 2.44. The molecule has 3 saturated heterocycles. The highest BCUT2D eigenvalue weighted by Crippen LogP contribution is 2.37. The van der Waals surface area contributed by atoms with Crippen molar-refractivity contribution in [2.24, 2.45) is 0 Å². The van der Waals surface area contributed by atoms with Crippen molar-refractivity contribution in [2.75, 3.05) is 79.9 Å². The van der Waals surface area contributed by atoms with E-state index in [9.17, 15) is 4.79 Å². The molecule has 0 spiro atoms. The van der Waals surface area contributed by atoms with Gasteiger partial charge in [-0.2, -0.15) is 0 Å². The van der Waals surface area contributed by atoms with E-state index in [1.54, 1.807) is 0 Å². The number of rotatable bonds is 8. The van der Waals surface area contributed by atoms with E-state index >= 15 is 0 Å². The Bertz CT molecular complexity index is 727. The van der Waals surface area contributed by atoms with Gasteiger partial charge in [0.1, 0.15) is 5.75 Å². The lowest BCUT2D eigenvalue weighted by atomic mass is 9.73. The number of likely N-dealkylation sites (tertiary alicyclic amines) is 1. The van der Waals surface area contributed by atoms with Gasteiger partial charge in [-0.05, 0) is 64.0 Å². The molecule has 0 bridgehead atoms. The van der Waals surface area contributed by atoms with Crippen LogP contribution in [0.1, 0.15) is 31.2 Å². The maximum atomic E-state index is 13.5. The summed E-state index contributed by atoms with van der Waals surface area (Å²) in [4.78, 5) is 20.4. The van der Waals surface area contributed by atoms with Crippen molar-refractivity contribution in [1.29, 1.82) is 0 Å². The van der Waals surface area contributed by atoms with Crippen LogP contribution in [0.25, 0.3) is 0 Å². The van der Waals surface area contributed by atoms with Gasteiger partial charge in [0, 0.05) is 45.4 Å². The van der Waals surface area contributed by atoms with Crippen molar-refractivity contribution in [1.82, 2.24) is 14.7 Å². The number of carbonyl (C=O) groups is 1. The van der Waals surface area contributed by atoms with Crippen LogP contribution < -0.4 is 4.74 Å². The maximum absolute atomic E-state index is 13.5. The van der Waals surface area contributed by atoms with Crippen LogP contribution in [-0.4, -0.2) is 107 Å². The number of hydrogen-bond donors (Lipinski definition) is 0. The number of hydrogen-bond acceptors (Lipinski definition) is 6. The largest absolute Gasteiger partial charge is 0.494 e. The fourth-order valence-electron chi connectivity index (χ4n) is 5.20. The molecule has 0 aliphatic carbocycles. The molecule has 3 aliphatic rings. The van der Waals surface area contributed by atoms with Crippen molar-refractivity contribution >= 4 is 5.91 Å².